The number of furan rings is 1. The Hall–Kier alpha value is -3.46. The van der Waals surface area contributed by atoms with Crippen LogP contribution in [-0.2, 0) is 4.79 Å². The zero-order valence-electron chi connectivity index (χ0n) is 16.8. The van der Waals surface area contributed by atoms with E-state index in [4.69, 9.17) is 20.6 Å². The molecule has 3 heterocycles. The number of methoxy groups -OCH3 is 1. The molecule has 1 aromatic carbocycles. The molecule has 31 heavy (non-hydrogen) atoms. The normalized spacial score (nSPS) is 20.3. The Morgan fingerprint density at radius 1 is 1.29 bits per heavy atom. The summed E-state index contributed by atoms with van der Waals surface area (Å²) in [5, 5.41) is 1.33. The molecule has 3 aromatic rings. The lowest BCUT2D eigenvalue weighted by Gasteiger charge is -2.29. The number of hydrogen-bond donors (Lipinski definition) is 3. The van der Waals surface area contributed by atoms with Crippen LogP contribution in [0, 0.1) is 0 Å². The number of Topliss-reactive ketones (excluding diaryl/α,β-unsaturated/α-hetero) is 1. The zero-order chi connectivity index (χ0) is 21.5. The largest absolute Gasteiger partial charge is 0.497 e. The van der Waals surface area contributed by atoms with Crippen LogP contribution in [0.5, 0.6) is 5.75 Å². The van der Waals surface area contributed by atoms with Gasteiger partial charge in [-0.2, -0.15) is 0 Å². The minimum Gasteiger partial charge on any atom is -0.497 e. The Morgan fingerprint density at radius 2 is 2.16 bits per heavy atom. The second kappa shape index (κ2) is 7.66. The van der Waals surface area contributed by atoms with Crippen LogP contribution in [0.25, 0.3) is 11.0 Å². The Bertz CT molecular complexity index is 1280. The van der Waals surface area contributed by atoms with Gasteiger partial charge in [-0.1, -0.05) is 0 Å². The predicted octanol–water partition coefficient (Wildman–Crippen LogP) is 3.62. The second-order valence-electron chi connectivity index (χ2n) is 7.37. The van der Waals surface area contributed by atoms with Crippen LogP contribution in [0.4, 0.5) is 0 Å². The fourth-order valence-electron chi connectivity index (χ4n) is 4.06. The lowest BCUT2D eigenvalue weighted by Crippen LogP contribution is -2.30. The molecule has 9 heteroatoms. The number of amidine groups is 1. The van der Waals surface area contributed by atoms with Crippen molar-refractivity contribution >= 4 is 34.4 Å². The standard InChI is InChI=1S/C22H21N5O3S/c1-29-11-5-6-13-15(9-11)27-22(26-13)31-18-8-7-17(30-18)19-12(10-23)21(24)25-14-3-2-4-16(28)20(14)19/h5-10,19H,2-4,23H2,1H3,(H2,24,25)(H,26,27)/b12-10-. The van der Waals surface area contributed by atoms with E-state index in [1.807, 2.05) is 30.3 Å². The van der Waals surface area contributed by atoms with Gasteiger partial charge in [0.25, 0.3) is 0 Å². The van der Waals surface area contributed by atoms with Crippen molar-refractivity contribution in [1.82, 2.24) is 9.97 Å². The Kier molecular flexibility index (Phi) is 4.82. The van der Waals surface area contributed by atoms with Gasteiger partial charge in [-0.25, -0.2) is 9.98 Å². The summed E-state index contributed by atoms with van der Waals surface area (Å²) < 4.78 is 11.4. The highest BCUT2D eigenvalue weighted by Gasteiger charge is 2.37. The fourth-order valence-corrected chi connectivity index (χ4v) is 4.83. The molecule has 1 aliphatic heterocycles. The molecular weight excluding hydrogens is 414 g/mol. The molecule has 8 nitrogen and oxygen atoms in total. The number of allylic oxidation sites excluding steroid dienone is 2. The number of nitrogens with two attached hydrogens (primary N) is 2. The monoisotopic (exact) mass is 435 g/mol. The molecule has 5 rings (SSSR count). The lowest BCUT2D eigenvalue weighted by molar-refractivity contribution is -0.116. The maximum Gasteiger partial charge on any atom is 0.174 e. The molecule has 0 bridgehead atoms. The van der Waals surface area contributed by atoms with Crippen molar-refractivity contribution in [2.75, 3.05) is 7.11 Å². The highest BCUT2D eigenvalue weighted by Crippen LogP contribution is 2.43. The van der Waals surface area contributed by atoms with Crippen molar-refractivity contribution in [3.05, 3.63) is 59.1 Å². The van der Waals surface area contributed by atoms with Crippen molar-refractivity contribution in [3.63, 3.8) is 0 Å². The van der Waals surface area contributed by atoms with Crippen molar-refractivity contribution in [2.24, 2.45) is 16.5 Å². The van der Waals surface area contributed by atoms with Crippen LogP contribution in [-0.4, -0.2) is 28.7 Å². The van der Waals surface area contributed by atoms with E-state index >= 15 is 0 Å². The quantitative estimate of drug-likeness (QED) is 0.570. The average molecular weight is 436 g/mol. The molecule has 2 aliphatic rings. The molecule has 0 fully saturated rings. The summed E-state index contributed by atoms with van der Waals surface area (Å²) >= 11 is 1.36. The number of ether oxygens (including phenoxy) is 1. The van der Waals surface area contributed by atoms with E-state index in [9.17, 15) is 4.79 Å². The molecule has 158 valence electrons. The number of carbonyl (C=O) groups is 1. The van der Waals surface area contributed by atoms with E-state index in [0.29, 0.717) is 39.4 Å². The number of nitrogens with zero attached hydrogens (tertiary/aromatic N) is 2. The van der Waals surface area contributed by atoms with Gasteiger partial charge >= 0.3 is 0 Å². The average Bonchev–Trinajstić information content (AvgIpc) is 3.38. The Balaban J connectivity index is 1.47. The third-order valence-corrected chi connectivity index (χ3v) is 6.32. The molecule has 0 amide bonds. The van der Waals surface area contributed by atoms with Gasteiger partial charge in [-0.3, -0.25) is 4.79 Å². The van der Waals surface area contributed by atoms with E-state index in [-0.39, 0.29) is 5.78 Å². The first-order valence-corrected chi connectivity index (χ1v) is 10.7. The van der Waals surface area contributed by atoms with Gasteiger partial charge in [0, 0.05) is 29.8 Å². The van der Waals surface area contributed by atoms with Crippen LogP contribution in [0.2, 0.25) is 0 Å². The third-order valence-electron chi connectivity index (χ3n) is 5.51. The molecule has 1 aliphatic carbocycles. The first-order chi connectivity index (χ1) is 15.1. The summed E-state index contributed by atoms with van der Waals surface area (Å²) in [6, 6.07) is 9.37. The lowest BCUT2D eigenvalue weighted by atomic mass is 9.78. The van der Waals surface area contributed by atoms with Gasteiger partial charge in [0.2, 0.25) is 0 Å². The summed E-state index contributed by atoms with van der Waals surface area (Å²) in [5.74, 6) is 1.32. The van der Waals surface area contributed by atoms with Crippen LogP contribution >= 0.6 is 11.8 Å². The molecule has 5 N–H and O–H groups in total. The van der Waals surface area contributed by atoms with Gasteiger partial charge in [0.1, 0.15) is 17.3 Å². The summed E-state index contributed by atoms with van der Waals surface area (Å²) in [7, 11) is 1.63. The summed E-state index contributed by atoms with van der Waals surface area (Å²) in [6.07, 6.45) is 3.41. The summed E-state index contributed by atoms with van der Waals surface area (Å²) in [5.41, 5.74) is 15.7. The molecule has 0 saturated heterocycles. The molecular formula is C22H21N5O3S. The maximum absolute atomic E-state index is 12.7. The summed E-state index contributed by atoms with van der Waals surface area (Å²) in [4.78, 5) is 25.0. The number of ketones is 1. The van der Waals surface area contributed by atoms with Crippen LogP contribution in [0.15, 0.2) is 73.0 Å². The molecule has 0 radical (unpaired) electrons. The highest BCUT2D eigenvalue weighted by atomic mass is 32.2. The Labute approximate surface area is 182 Å². The van der Waals surface area contributed by atoms with Crippen molar-refractivity contribution in [1.29, 1.82) is 0 Å². The van der Waals surface area contributed by atoms with E-state index in [2.05, 4.69) is 15.0 Å². The zero-order valence-corrected chi connectivity index (χ0v) is 17.7. The number of nitrogens with one attached hydrogen (secondary N) is 1. The SMILES string of the molecule is COc1ccc2nc(Sc3ccc(C4C5=C(CCCC5=O)N=C(N)/C4=C\N)o3)[nH]c2c1. The smallest absolute Gasteiger partial charge is 0.174 e. The number of aliphatic imine (C=N–C) groups is 1. The molecule has 1 unspecified atom stereocenters. The number of rotatable bonds is 4. The molecule has 0 spiro atoms. The van der Waals surface area contributed by atoms with E-state index in [0.717, 1.165) is 35.3 Å². The van der Waals surface area contributed by atoms with E-state index < -0.39 is 5.92 Å². The number of imidazole rings is 1. The number of aromatic amines is 1. The van der Waals surface area contributed by atoms with Crippen LogP contribution in [0.1, 0.15) is 30.9 Å². The molecule has 1 atom stereocenters. The highest BCUT2D eigenvalue weighted by molar-refractivity contribution is 7.99. The predicted molar refractivity (Wildman–Crippen MR) is 118 cm³/mol. The van der Waals surface area contributed by atoms with E-state index in [1.54, 1.807) is 7.11 Å². The van der Waals surface area contributed by atoms with Crippen molar-refractivity contribution in [2.45, 2.75) is 35.4 Å². The van der Waals surface area contributed by atoms with Crippen LogP contribution in [0.3, 0.4) is 0 Å². The fraction of sp³-hybridized carbons (Fsp3) is 0.227. The summed E-state index contributed by atoms with van der Waals surface area (Å²) in [6.45, 7) is 0. The topological polar surface area (TPSA) is 133 Å². The van der Waals surface area contributed by atoms with Gasteiger partial charge in [0.15, 0.2) is 16.0 Å². The number of fused-ring (bicyclic) bond motifs is 1. The number of H-pyrrole nitrogens is 1. The van der Waals surface area contributed by atoms with Crippen molar-refractivity contribution in [3.8, 4) is 5.75 Å². The maximum atomic E-state index is 12.7. The van der Waals surface area contributed by atoms with Gasteiger partial charge in [0.05, 0.1) is 29.8 Å². The minimum atomic E-state index is -0.445. The number of hydrogen-bond acceptors (Lipinski definition) is 8. The minimum absolute atomic E-state index is 0.0682. The van der Waals surface area contributed by atoms with Crippen LogP contribution < -0.4 is 16.2 Å². The number of benzene rings is 1. The van der Waals surface area contributed by atoms with Gasteiger partial charge < -0.3 is 25.6 Å². The van der Waals surface area contributed by atoms with E-state index in [1.165, 1.54) is 18.0 Å². The number of aromatic nitrogens is 2. The van der Waals surface area contributed by atoms with Gasteiger partial charge in [-0.05, 0) is 48.9 Å². The number of carbonyl (C=O) groups excluding carboxylic acids is 1. The van der Waals surface area contributed by atoms with Gasteiger partial charge in [-0.15, -0.1) is 0 Å². The Morgan fingerprint density at radius 3 is 2.97 bits per heavy atom. The third kappa shape index (κ3) is 3.40. The second-order valence-corrected chi connectivity index (χ2v) is 8.37. The van der Waals surface area contributed by atoms with Crippen molar-refractivity contribution < 1.29 is 13.9 Å². The molecule has 2 aromatic heterocycles. The first-order valence-electron chi connectivity index (χ1n) is 9.91. The molecule has 0 saturated carbocycles. The first kappa shape index (κ1) is 19.5.